The number of carbonyl (C=O) groups excluding carboxylic acids is 1. The number of fused-ring (bicyclic) bond motifs is 2. The van der Waals surface area contributed by atoms with E-state index in [0.29, 0.717) is 6.61 Å². The molecular formula is C22H26N2O3. The Balaban J connectivity index is 1.51. The zero-order valence-electron chi connectivity index (χ0n) is 15.6. The van der Waals surface area contributed by atoms with E-state index in [1.807, 2.05) is 17.9 Å². The molecule has 3 aliphatic heterocycles. The molecule has 1 aromatic carbocycles. The largest absolute Gasteiger partial charge is 0.450 e. The van der Waals surface area contributed by atoms with Gasteiger partial charge in [0.25, 0.3) is 0 Å². The number of piperidine rings is 2. The van der Waals surface area contributed by atoms with E-state index in [-0.39, 0.29) is 29.6 Å². The minimum atomic E-state index is -0.530. The van der Waals surface area contributed by atoms with Crippen LogP contribution in [0.2, 0.25) is 0 Å². The average Bonchev–Trinajstić information content (AvgIpc) is 2.72. The Morgan fingerprint density at radius 3 is 2.67 bits per heavy atom. The van der Waals surface area contributed by atoms with Crippen molar-refractivity contribution in [2.45, 2.75) is 50.5 Å². The molecule has 0 radical (unpaired) electrons. The first-order chi connectivity index (χ1) is 13.1. The van der Waals surface area contributed by atoms with E-state index >= 15 is 0 Å². The van der Waals surface area contributed by atoms with Crippen LogP contribution in [0.15, 0.2) is 54.1 Å². The molecule has 4 aliphatic rings. The lowest BCUT2D eigenvalue weighted by atomic mass is 9.65. The van der Waals surface area contributed by atoms with E-state index in [4.69, 9.17) is 4.74 Å². The van der Waals surface area contributed by atoms with Gasteiger partial charge in [-0.3, -0.25) is 9.80 Å². The Kier molecular flexibility index (Phi) is 3.92. The molecule has 1 aliphatic carbocycles. The number of likely N-dealkylation sites (tertiary alicyclic amines) is 1. The van der Waals surface area contributed by atoms with Crippen molar-refractivity contribution in [3.8, 4) is 0 Å². The SMILES string of the molecule is CCOC(=O)N1C2CC3(C4=CC=C4)CC1[C@H](O)C2N(Cc1ccccc1)C3. The van der Waals surface area contributed by atoms with Crippen LogP contribution in [0.5, 0.6) is 0 Å². The molecular weight excluding hydrogens is 340 g/mol. The molecule has 27 heavy (non-hydrogen) atoms. The van der Waals surface area contributed by atoms with Crippen LogP contribution in [-0.2, 0) is 11.3 Å². The number of hydrogen-bond acceptors (Lipinski definition) is 4. The Labute approximate surface area is 159 Å². The van der Waals surface area contributed by atoms with E-state index in [0.717, 1.165) is 25.9 Å². The molecule has 0 saturated carbocycles. The van der Waals surface area contributed by atoms with Gasteiger partial charge in [-0.05, 0) is 30.9 Å². The van der Waals surface area contributed by atoms with Gasteiger partial charge in [-0.15, -0.1) is 0 Å². The Hall–Kier alpha value is -2.11. The minimum absolute atomic E-state index is 0.00478. The lowest BCUT2D eigenvalue weighted by molar-refractivity contribution is -0.0236. The van der Waals surface area contributed by atoms with Gasteiger partial charge in [-0.25, -0.2) is 4.79 Å². The second kappa shape index (κ2) is 6.21. The molecule has 0 spiro atoms. The molecule has 1 N–H and O–H groups in total. The number of allylic oxidation sites excluding steroid dienone is 3. The van der Waals surface area contributed by atoms with E-state index in [2.05, 4.69) is 47.4 Å². The van der Waals surface area contributed by atoms with E-state index in [1.54, 1.807) is 0 Å². The number of amides is 1. The predicted octanol–water partition coefficient (Wildman–Crippen LogP) is 2.72. The first kappa shape index (κ1) is 17.0. The maximum Gasteiger partial charge on any atom is 0.410 e. The fourth-order valence-corrected chi connectivity index (χ4v) is 5.76. The van der Waals surface area contributed by atoms with Crippen molar-refractivity contribution in [3.05, 3.63) is 59.7 Å². The van der Waals surface area contributed by atoms with Gasteiger partial charge in [-0.1, -0.05) is 48.6 Å². The highest BCUT2D eigenvalue weighted by molar-refractivity contribution is 5.70. The molecule has 0 aromatic heterocycles. The Morgan fingerprint density at radius 2 is 2.00 bits per heavy atom. The summed E-state index contributed by atoms with van der Waals surface area (Å²) in [5.41, 5.74) is 2.63. The third-order valence-electron chi connectivity index (χ3n) is 6.85. The summed E-state index contributed by atoms with van der Waals surface area (Å²) < 4.78 is 5.33. The lowest BCUT2D eigenvalue weighted by Crippen LogP contribution is -2.62. The zero-order chi connectivity index (χ0) is 18.6. The number of aliphatic hydroxyl groups is 1. The quantitative estimate of drug-likeness (QED) is 0.890. The number of rotatable bonds is 4. The number of hydrogen-bond donors (Lipinski definition) is 1. The smallest absolute Gasteiger partial charge is 0.410 e. The van der Waals surface area contributed by atoms with Crippen LogP contribution < -0.4 is 0 Å². The first-order valence-corrected chi connectivity index (χ1v) is 9.93. The fraction of sp³-hybridized carbons (Fsp3) is 0.500. The standard InChI is InChI=1S/C22H26N2O3/c1-2-27-21(26)24-17-11-22(16-9-6-10-16)12-18(24)20(25)19(17)23(14-22)13-15-7-4-3-5-8-15/h3-10,17-20,25H,2,11-14H2,1H3/t17?,18?,19?,20-,22?/m0/s1. The molecule has 5 nitrogen and oxygen atoms in total. The summed E-state index contributed by atoms with van der Waals surface area (Å²) in [6.07, 6.45) is 7.40. The van der Waals surface area contributed by atoms with Crippen LogP contribution in [0, 0.1) is 5.41 Å². The first-order valence-electron chi connectivity index (χ1n) is 9.93. The van der Waals surface area contributed by atoms with Crippen LogP contribution in [0.3, 0.4) is 0 Å². The van der Waals surface area contributed by atoms with Gasteiger partial charge in [0.1, 0.15) is 0 Å². The number of aliphatic hydroxyl groups excluding tert-OH is 1. The van der Waals surface area contributed by atoms with Crippen LogP contribution >= 0.6 is 0 Å². The second-order valence-electron chi connectivity index (χ2n) is 8.28. The molecule has 5 atom stereocenters. The third-order valence-corrected chi connectivity index (χ3v) is 6.85. The minimum Gasteiger partial charge on any atom is -0.450 e. The Bertz CT molecular complexity index is 805. The summed E-state index contributed by atoms with van der Waals surface area (Å²) >= 11 is 0. The molecule has 3 heterocycles. The normalized spacial score (nSPS) is 36.5. The maximum atomic E-state index is 12.6. The van der Waals surface area contributed by atoms with Crippen molar-refractivity contribution in [2.24, 2.45) is 5.41 Å². The number of nitrogens with zero attached hydrogens (tertiary/aromatic N) is 2. The number of carbonyl (C=O) groups is 1. The van der Waals surface area contributed by atoms with Gasteiger partial charge in [0.2, 0.25) is 0 Å². The third kappa shape index (κ3) is 2.48. The van der Waals surface area contributed by atoms with Crippen LogP contribution in [0.4, 0.5) is 4.79 Å². The van der Waals surface area contributed by atoms with Crippen molar-refractivity contribution >= 4 is 6.09 Å². The molecule has 1 aromatic rings. The zero-order valence-corrected chi connectivity index (χ0v) is 15.6. The van der Waals surface area contributed by atoms with Crippen molar-refractivity contribution in [1.29, 1.82) is 0 Å². The second-order valence-corrected chi connectivity index (χ2v) is 8.28. The van der Waals surface area contributed by atoms with Crippen molar-refractivity contribution < 1.29 is 14.6 Å². The topological polar surface area (TPSA) is 53.0 Å². The summed E-state index contributed by atoms with van der Waals surface area (Å²) in [6.45, 7) is 3.92. The van der Waals surface area contributed by atoms with Crippen molar-refractivity contribution in [1.82, 2.24) is 9.80 Å². The van der Waals surface area contributed by atoms with E-state index in [9.17, 15) is 9.90 Å². The fourth-order valence-electron chi connectivity index (χ4n) is 5.76. The van der Waals surface area contributed by atoms with Gasteiger partial charge in [-0.2, -0.15) is 0 Å². The van der Waals surface area contributed by atoms with Gasteiger partial charge in [0.05, 0.1) is 30.8 Å². The molecule has 3 bridgehead atoms. The van der Waals surface area contributed by atoms with Crippen LogP contribution in [-0.4, -0.2) is 58.4 Å². The van der Waals surface area contributed by atoms with Crippen molar-refractivity contribution in [3.63, 3.8) is 0 Å². The molecule has 1 amide bonds. The molecule has 4 unspecified atom stereocenters. The molecule has 3 saturated heterocycles. The molecule has 5 heteroatoms. The van der Waals surface area contributed by atoms with Crippen LogP contribution in [0.25, 0.3) is 0 Å². The highest BCUT2D eigenvalue weighted by atomic mass is 16.6. The van der Waals surface area contributed by atoms with E-state index in [1.165, 1.54) is 11.1 Å². The highest BCUT2D eigenvalue weighted by Gasteiger charge is 2.65. The van der Waals surface area contributed by atoms with E-state index < -0.39 is 6.10 Å². The monoisotopic (exact) mass is 366 g/mol. The number of benzene rings is 1. The summed E-state index contributed by atoms with van der Waals surface area (Å²) in [6, 6.07) is 10.2. The van der Waals surface area contributed by atoms with Gasteiger partial charge in [0, 0.05) is 18.5 Å². The molecule has 142 valence electrons. The molecule has 5 rings (SSSR count). The van der Waals surface area contributed by atoms with Gasteiger partial charge in [0.15, 0.2) is 0 Å². The summed E-state index contributed by atoms with van der Waals surface area (Å²) in [4.78, 5) is 16.9. The maximum absolute atomic E-state index is 12.6. The highest BCUT2D eigenvalue weighted by Crippen LogP contribution is 2.56. The Morgan fingerprint density at radius 1 is 1.26 bits per heavy atom. The van der Waals surface area contributed by atoms with Crippen LogP contribution in [0.1, 0.15) is 25.3 Å². The predicted molar refractivity (Wildman–Crippen MR) is 102 cm³/mol. The van der Waals surface area contributed by atoms with Crippen molar-refractivity contribution in [2.75, 3.05) is 13.2 Å². The number of ether oxygens (including phenoxy) is 1. The summed E-state index contributed by atoms with van der Waals surface area (Å²) in [5, 5.41) is 11.2. The summed E-state index contributed by atoms with van der Waals surface area (Å²) in [5.74, 6) is 0. The molecule has 3 fully saturated rings. The van der Waals surface area contributed by atoms with Gasteiger partial charge >= 0.3 is 6.09 Å². The lowest BCUT2D eigenvalue weighted by Gasteiger charge is -2.54. The summed E-state index contributed by atoms with van der Waals surface area (Å²) in [7, 11) is 0. The van der Waals surface area contributed by atoms with Gasteiger partial charge < -0.3 is 9.84 Å². The average molecular weight is 366 g/mol.